The van der Waals surface area contributed by atoms with Crippen molar-refractivity contribution in [2.24, 2.45) is 5.41 Å². The molecule has 4 nitrogen and oxygen atoms in total. The van der Waals surface area contributed by atoms with Gasteiger partial charge >= 0.3 is 0 Å². The maximum Gasteiger partial charge on any atom is 0.175 e. The number of halogens is 1. The van der Waals surface area contributed by atoms with Gasteiger partial charge < -0.3 is 14.6 Å². The number of hydrogen-bond acceptors (Lipinski definition) is 4. The van der Waals surface area contributed by atoms with Crippen molar-refractivity contribution in [2.75, 3.05) is 13.2 Å². The molecule has 0 bridgehead atoms. The first-order valence-corrected chi connectivity index (χ1v) is 8.14. The van der Waals surface area contributed by atoms with Gasteiger partial charge in [0.2, 0.25) is 0 Å². The summed E-state index contributed by atoms with van der Waals surface area (Å²) in [6, 6.07) is 6.01. The van der Waals surface area contributed by atoms with Crippen LogP contribution in [0.1, 0.15) is 43.8 Å². The maximum atomic E-state index is 10.7. The van der Waals surface area contributed by atoms with E-state index in [-0.39, 0.29) is 0 Å². The molecule has 112 valence electrons. The van der Waals surface area contributed by atoms with Gasteiger partial charge in [-0.25, -0.2) is 0 Å². The van der Waals surface area contributed by atoms with Crippen LogP contribution in [-0.2, 0) is 0 Å². The van der Waals surface area contributed by atoms with Crippen molar-refractivity contribution in [2.45, 2.75) is 38.2 Å². The monoisotopic (exact) mass is 351 g/mol. The second-order valence-electron chi connectivity index (χ2n) is 5.76. The predicted molar refractivity (Wildman–Crippen MR) is 81.2 cm³/mol. The molecule has 1 fully saturated rings. The van der Waals surface area contributed by atoms with E-state index < -0.39 is 11.5 Å². The minimum absolute atomic E-state index is 0.600. The SMILES string of the molecule is N#CC1(C(O)c2cc(Br)c3c(c2)OCCCO3)CCCC1. The van der Waals surface area contributed by atoms with Crippen LogP contribution in [-0.4, -0.2) is 18.3 Å². The number of ether oxygens (including phenoxy) is 2. The van der Waals surface area contributed by atoms with Gasteiger partial charge in [-0.1, -0.05) is 12.8 Å². The van der Waals surface area contributed by atoms with E-state index >= 15 is 0 Å². The molecule has 1 aliphatic heterocycles. The van der Waals surface area contributed by atoms with Crippen molar-refractivity contribution in [3.05, 3.63) is 22.2 Å². The van der Waals surface area contributed by atoms with Crippen LogP contribution in [0.15, 0.2) is 16.6 Å². The molecule has 1 aromatic carbocycles. The molecule has 1 N–H and O–H groups in total. The van der Waals surface area contributed by atoms with Gasteiger partial charge in [-0.3, -0.25) is 0 Å². The van der Waals surface area contributed by atoms with E-state index in [0.29, 0.717) is 24.7 Å². The fraction of sp³-hybridized carbons (Fsp3) is 0.562. The Labute approximate surface area is 132 Å². The molecule has 21 heavy (non-hydrogen) atoms. The van der Waals surface area contributed by atoms with Crippen LogP contribution in [0.3, 0.4) is 0 Å². The Morgan fingerprint density at radius 2 is 1.90 bits per heavy atom. The summed E-state index contributed by atoms with van der Waals surface area (Å²) in [4.78, 5) is 0. The van der Waals surface area contributed by atoms with Crippen molar-refractivity contribution in [1.29, 1.82) is 5.26 Å². The highest BCUT2D eigenvalue weighted by Gasteiger charge is 2.42. The molecule has 0 amide bonds. The average molecular weight is 352 g/mol. The van der Waals surface area contributed by atoms with Gasteiger partial charge in [0, 0.05) is 6.42 Å². The molecular formula is C16H18BrNO3. The fourth-order valence-electron chi connectivity index (χ4n) is 3.18. The Morgan fingerprint density at radius 1 is 1.19 bits per heavy atom. The Hall–Kier alpha value is -1.25. The summed E-state index contributed by atoms with van der Waals surface area (Å²) < 4.78 is 12.1. The third-order valence-corrected chi connectivity index (χ3v) is 4.97. The van der Waals surface area contributed by atoms with E-state index in [0.717, 1.165) is 42.1 Å². The number of hydrogen-bond donors (Lipinski definition) is 1. The number of nitrogens with zero attached hydrogens (tertiary/aromatic N) is 1. The molecule has 0 aromatic heterocycles. The molecule has 1 heterocycles. The highest BCUT2D eigenvalue weighted by atomic mass is 79.9. The first kappa shape index (κ1) is 14.7. The zero-order chi connectivity index (χ0) is 14.9. The lowest BCUT2D eigenvalue weighted by atomic mass is 9.78. The first-order valence-electron chi connectivity index (χ1n) is 7.35. The third-order valence-electron chi connectivity index (χ3n) is 4.38. The van der Waals surface area contributed by atoms with E-state index in [4.69, 9.17) is 9.47 Å². The zero-order valence-electron chi connectivity index (χ0n) is 11.8. The molecule has 5 heteroatoms. The smallest absolute Gasteiger partial charge is 0.175 e. The zero-order valence-corrected chi connectivity index (χ0v) is 13.4. The van der Waals surface area contributed by atoms with Crippen molar-refractivity contribution in [1.82, 2.24) is 0 Å². The van der Waals surface area contributed by atoms with Gasteiger partial charge in [-0.2, -0.15) is 5.26 Å². The van der Waals surface area contributed by atoms with Crippen LogP contribution >= 0.6 is 15.9 Å². The average Bonchev–Trinajstić information content (AvgIpc) is 2.86. The van der Waals surface area contributed by atoms with E-state index in [1.54, 1.807) is 0 Å². The van der Waals surface area contributed by atoms with Gasteiger partial charge in [-0.15, -0.1) is 0 Å². The highest BCUT2D eigenvalue weighted by Crippen LogP contribution is 2.49. The second kappa shape index (κ2) is 5.86. The van der Waals surface area contributed by atoms with Crippen LogP contribution < -0.4 is 9.47 Å². The van der Waals surface area contributed by atoms with Gasteiger partial charge in [0.25, 0.3) is 0 Å². The number of nitriles is 1. The molecule has 0 saturated heterocycles. The number of benzene rings is 1. The summed E-state index contributed by atoms with van der Waals surface area (Å²) in [5.74, 6) is 1.32. The topological polar surface area (TPSA) is 62.5 Å². The Kier molecular flexibility index (Phi) is 4.10. The molecule has 1 aliphatic carbocycles. The predicted octanol–water partition coefficient (Wildman–Crippen LogP) is 3.73. The van der Waals surface area contributed by atoms with Crippen molar-refractivity contribution >= 4 is 15.9 Å². The minimum Gasteiger partial charge on any atom is -0.490 e. The number of aliphatic hydroxyl groups is 1. The summed E-state index contributed by atoms with van der Waals surface area (Å²) in [5, 5.41) is 20.3. The van der Waals surface area contributed by atoms with Crippen LogP contribution in [0.4, 0.5) is 0 Å². The largest absolute Gasteiger partial charge is 0.490 e. The molecule has 1 unspecified atom stereocenters. The molecule has 0 spiro atoms. The van der Waals surface area contributed by atoms with Crippen LogP contribution in [0.2, 0.25) is 0 Å². The molecule has 0 radical (unpaired) electrons. The van der Waals surface area contributed by atoms with E-state index in [1.165, 1.54) is 0 Å². The van der Waals surface area contributed by atoms with Crippen LogP contribution in [0.5, 0.6) is 11.5 Å². The molecule has 1 saturated carbocycles. The summed E-state index contributed by atoms with van der Waals surface area (Å²) in [5.41, 5.74) is 0.0498. The molecule has 1 atom stereocenters. The Bertz CT molecular complexity index is 576. The lowest BCUT2D eigenvalue weighted by Gasteiger charge is -2.28. The summed E-state index contributed by atoms with van der Waals surface area (Å²) >= 11 is 3.48. The standard InChI is InChI=1S/C16H18BrNO3/c17-12-8-11(9-13-14(12)21-7-3-6-20-13)15(19)16(10-18)4-1-2-5-16/h8-9,15,19H,1-7H2. The van der Waals surface area contributed by atoms with Gasteiger partial charge in [0.1, 0.15) is 0 Å². The number of aliphatic hydroxyl groups excluding tert-OH is 1. The van der Waals surface area contributed by atoms with E-state index in [1.807, 2.05) is 12.1 Å². The lowest BCUT2D eigenvalue weighted by Crippen LogP contribution is -2.24. The van der Waals surface area contributed by atoms with E-state index in [2.05, 4.69) is 22.0 Å². The molecule has 2 aliphatic rings. The van der Waals surface area contributed by atoms with Crippen molar-refractivity contribution < 1.29 is 14.6 Å². The van der Waals surface area contributed by atoms with Crippen molar-refractivity contribution in [3.8, 4) is 17.6 Å². The third kappa shape index (κ3) is 2.63. The normalized spacial score (nSPS) is 21.4. The second-order valence-corrected chi connectivity index (χ2v) is 6.61. The first-order chi connectivity index (χ1) is 10.2. The Morgan fingerprint density at radius 3 is 2.62 bits per heavy atom. The summed E-state index contributed by atoms with van der Waals surface area (Å²) in [7, 11) is 0. The number of rotatable bonds is 2. The van der Waals surface area contributed by atoms with E-state index in [9.17, 15) is 10.4 Å². The lowest BCUT2D eigenvalue weighted by molar-refractivity contribution is 0.0668. The van der Waals surface area contributed by atoms with Gasteiger partial charge in [0.05, 0.1) is 35.3 Å². The minimum atomic E-state index is -0.793. The Balaban J connectivity index is 1.97. The molecule has 1 aromatic rings. The summed E-state index contributed by atoms with van der Waals surface area (Å²) in [6.07, 6.45) is 3.53. The molecular weight excluding hydrogens is 334 g/mol. The highest BCUT2D eigenvalue weighted by molar-refractivity contribution is 9.10. The fourth-order valence-corrected chi connectivity index (χ4v) is 3.75. The van der Waals surface area contributed by atoms with Gasteiger partial charge in [-0.05, 0) is 46.5 Å². The van der Waals surface area contributed by atoms with Gasteiger partial charge in [0.15, 0.2) is 11.5 Å². The van der Waals surface area contributed by atoms with Crippen LogP contribution in [0.25, 0.3) is 0 Å². The summed E-state index contributed by atoms with van der Waals surface area (Å²) in [6.45, 7) is 1.22. The maximum absolute atomic E-state index is 10.7. The molecule has 3 rings (SSSR count). The van der Waals surface area contributed by atoms with Crippen molar-refractivity contribution in [3.63, 3.8) is 0 Å². The quantitative estimate of drug-likeness (QED) is 0.881. The van der Waals surface area contributed by atoms with Crippen LogP contribution in [0, 0.1) is 16.7 Å². The number of fused-ring (bicyclic) bond motifs is 1.